The van der Waals surface area contributed by atoms with Gasteiger partial charge in [-0.25, -0.2) is 4.39 Å². The number of carbonyl (C=O) groups is 1. The summed E-state index contributed by atoms with van der Waals surface area (Å²) in [5.74, 6) is -0.873. The number of carbonyl (C=O) groups excluding carboxylic acids is 1. The van der Waals surface area contributed by atoms with Gasteiger partial charge in [0.05, 0.1) is 17.2 Å². The molecule has 2 rings (SSSR count). The summed E-state index contributed by atoms with van der Waals surface area (Å²) in [6.07, 6.45) is 4.20. The first kappa shape index (κ1) is 12.6. The fourth-order valence-electron chi connectivity index (χ4n) is 2.20. The second kappa shape index (κ2) is 5.63. The molecule has 0 unspecified atom stereocenters. The van der Waals surface area contributed by atoms with Crippen molar-refractivity contribution in [1.29, 1.82) is 5.26 Å². The smallest absolute Gasteiger partial charge is 0.256 e. The van der Waals surface area contributed by atoms with Gasteiger partial charge in [-0.2, -0.15) is 5.26 Å². The normalized spacial score (nSPS) is 15.9. The van der Waals surface area contributed by atoms with E-state index >= 15 is 0 Å². The fraction of sp³-hybridized carbons (Fsp3) is 0.429. The summed E-state index contributed by atoms with van der Waals surface area (Å²) < 4.78 is 13.7. The third-order valence-electron chi connectivity index (χ3n) is 3.22. The van der Waals surface area contributed by atoms with E-state index in [4.69, 9.17) is 5.26 Å². The van der Waals surface area contributed by atoms with Gasteiger partial charge in [0.1, 0.15) is 5.82 Å². The van der Waals surface area contributed by atoms with Gasteiger partial charge in [0, 0.05) is 13.1 Å². The zero-order chi connectivity index (χ0) is 13.0. The van der Waals surface area contributed by atoms with Crippen LogP contribution in [0.15, 0.2) is 18.2 Å². The molecular formula is C14H15FN2O. The van der Waals surface area contributed by atoms with Crippen LogP contribution in [0.5, 0.6) is 0 Å². The van der Waals surface area contributed by atoms with Crippen molar-refractivity contribution in [2.24, 2.45) is 0 Å². The molecule has 1 aliphatic rings. The van der Waals surface area contributed by atoms with Gasteiger partial charge in [-0.05, 0) is 31.0 Å². The van der Waals surface area contributed by atoms with Crippen LogP contribution in [0.2, 0.25) is 0 Å². The molecule has 0 aromatic heterocycles. The van der Waals surface area contributed by atoms with E-state index in [1.165, 1.54) is 12.1 Å². The molecule has 1 aromatic carbocycles. The zero-order valence-corrected chi connectivity index (χ0v) is 10.2. The third kappa shape index (κ3) is 2.67. The summed E-state index contributed by atoms with van der Waals surface area (Å²) in [6.45, 7) is 1.39. The fourth-order valence-corrected chi connectivity index (χ4v) is 2.20. The van der Waals surface area contributed by atoms with Crippen LogP contribution in [0.25, 0.3) is 0 Å². The topological polar surface area (TPSA) is 44.1 Å². The number of halogens is 1. The van der Waals surface area contributed by atoms with Crippen molar-refractivity contribution in [3.8, 4) is 6.07 Å². The highest BCUT2D eigenvalue weighted by atomic mass is 19.1. The maximum Gasteiger partial charge on any atom is 0.256 e. The Labute approximate surface area is 106 Å². The molecule has 1 fully saturated rings. The molecule has 1 heterocycles. The minimum absolute atomic E-state index is 0.0656. The van der Waals surface area contributed by atoms with Crippen molar-refractivity contribution >= 4 is 5.91 Å². The van der Waals surface area contributed by atoms with Crippen LogP contribution in [0.1, 0.15) is 41.6 Å². The molecule has 0 N–H and O–H groups in total. The van der Waals surface area contributed by atoms with E-state index in [-0.39, 0.29) is 17.0 Å². The first-order valence-electron chi connectivity index (χ1n) is 6.21. The number of rotatable bonds is 1. The number of hydrogen-bond donors (Lipinski definition) is 0. The number of benzene rings is 1. The van der Waals surface area contributed by atoms with Gasteiger partial charge in [0.15, 0.2) is 0 Å². The van der Waals surface area contributed by atoms with E-state index in [0.29, 0.717) is 13.1 Å². The summed E-state index contributed by atoms with van der Waals surface area (Å²) in [4.78, 5) is 13.9. The molecule has 1 saturated heterocycles. The van der Waals surface area contributed by atoms with Gasteiger partial charge in [-0.1, -0.05) is 12.8 Å². The molecule has 0 aliphatic carbocycles. The molecule has 94 valence electrons. The lowest BCUT2D eigenvalue weighted by molar-refractivity contribution is 0.0757. The Balaban J connectivity index is 2.20. The predicted octanol–water partition coefficient (Wildman–Crippen LogP) is 2.71. The summed E-state index contributed by atoms with van der Waals surface area (Å²) in [6, 6.07) is 5.86. The monoisotopic (exact) mass is 246 g/mol. The molecule has 1 aromatic rings. The lowest BCUT2D eigenvalue weighted by Crippen LogP contribution is -2.32. The van der Waals surface area contributed by atoms with Crippen LogP contribution < -0.4 is 0 Å². The minimum atomic E-state index is -0.608. The number of nitriles is 1. The zero-order valence-electron chi connectivity index (χ0n) is 10.2. The Morgan fingerprint density at radius 1 is 1.22 bits per heavy atom. The molecule has 0 radical (unpaired) electrons. The van der Waals surface area contributed by atoms with Crippen LogP contribution in [0, 0.1) is 17.1 Å². The summed E-state index contributed by atoms with van der Waals surface area (Å²) in [5.41, 5.74) is 0.302. The highest BCUT2D eigenvalue weighted by Crippen LogP contribution is 2.16. The van der Waals surface area contributed by atoms with Crippen molar-refractivity contribution in [2.75, 3.05) is 13.1 Å². The SMILES string of the molecule is N#Cc1ccc(C(=O)N2CCCCCC2)c(F)c1. The van der Waals surface area contributed by atoms with Gasteiger partial charge in [0.2, 0.25) is 0 Å². The van der Waals surface area contributed by atoms with Gasteiger partial charge in [-0.3, -0.25) is 4.79 Å². The molecule has 1 amide bonds. The predicted molar refractivity (Wildman–Crippen MR) is 65.5 cm³/mol. The first-order chi connectivity index (χ1) is 8.72. The summed E-state index contributed by atoms with van der Waals surface area (Å²) in [7, 11) is 0. The second-order valence-corrected chi connectivity index (χ2v) is 4.51. The molecule has 1 aliphatic heterocycles. The minimum Gasteiger partial charge on any atom is -0.339 e. The summed E-state index contributed by atoms with van der Waals surface area (Å²) >= 11 is 0. The van der Waals surface area contributed by atoms with Crippen LogP contribution in [-0.4, -0.2) is 23.9 Å². The average molecular weight is 246 g/mol. The Morgan fingerprint density at radius 2 is 1.89 bits per heavy atom. The van der Waals surface area contributed by atoms with E-state index in [1.807, 2.05) is 6.07 Å². The summed E-state index contributed by atoms with van der Waals surface area (Å²) in [5, 5.41) is 8.67. The second-order valence-electron chi connectivity index (χ2n) is 4.51. The van der Waals surface area contributed by atoms with E-state index in [1.54, 1.807) is 4.90 Å². The average Bonchev–Trinajstić information content (AvgIpc) is 2.66. The van der Waals surface area contributed by atoms with Crippen molar-refractivity contribution in [2.45, 2.75) is 25.7 Å². The molecule has 18 heavy (non-hydrogen) atoms. The van der Waals surface area contributed by atoms with Crippen molar-refractivity contribution < 1.29 is 9.18 Å². The molecule has 0 bridgehead atoms. The Hall–Kier alpha value is -1.89. The van der Waals surface area contributed by atoms with E-state index in [2.05, 4.69) is 0 Å². The molecule has 0 saturated carbocycles. The maximum absolute atomic E-state index is 13.7. The Bertz CT molecular complexity index is 485. The van der Waals surface area contributed by atoms with Crippen LogP contribution in [0.4, 0.5) is 4.39 Å². The lowest BCUT2D eigenvalue weighted by Gasteiger charge is -2.20. The van der Waals surface area contributed by atoms with Gasteiger partial charge < -0.3 is 4.90 Å². The highest BCUT2D eigenvalue weighted by molar-refractivity contribution is 5.94. The molecule has 4 heteroatoms. The Kier molecular flexibility index (Phi) is 3.93. The highest BCUT2D eigenvalue weighted by Gasteiger charge is 2.20. The van der Waals surface area contributed by atoms with Crippen molar-refractivity contribution in [3.05, 3.63) is 35.1 Å². The standard InChI is InChI=1S/C14H15FN2O/c15-13-9-11(10-16)5-6-12(13)14(18)17-7-3-1-2-4-8-17/h5-6,9H,1-4,7-8H2. The lowest BCUT2D eigenvalue weighted by atomic mass is 10.1. The largest absolute Gasteiger partial charge is 0.339 e. The first-order valence-corrected chi connectivity index (χ1v) is 6.21. The number of amides is 1. The number of nitrogens with zero attached hydrogens (tertiary/aromatic N) is 2. The van der Waals surface area contributed by atoms with Crippen molar-refractivity contribution in [1.82, 2.24) is 4.90 Å². The van der Waals surface area contributed by atoms with E-state index in [9.17, 15) is 9.18 Å². The Morgan fingerprint density at radius 3 is 2.44 bits per heavy atom. The molecular weight excluding hydrogens is 231 g/mol. The van der Waals surface area contributed by atoms with Crippen LogP contribution >= 0.6 is 0 Å². The molecule has 0 spiro atoms. The maximum atomic E-state index is 13.7. The third-order valence-corrected chi connectivity index (χ3v) is 3.22. The van der Waals surface area contributed by atoms with Crippen LogP contribution in [0.3, 0.4) is 0 Å². The number of likely N-dealkylation sites (tertiary alicyclic amines) is 1. The van der Waals surface area contributed by atoms with E-state index in [0.717, 1.165) is 31.7 Å². The molecule has 0 atom stereocenters. The van der Waals surface area contributed by atoms with Gasteiger partial charge >= 0.3 is 0 Å². The van der Waals surface area contributed by atoms with Gasteiger partial charge in [-0.15, -0.1) is 0 Å². The van der Waals surface area contributed by atoms with Crippen molar-refractivity contribution in [3.63, 3.8) is 0 Å². The van der Waals surface area contributed by atoms with E-state index < -0.39 is 5.82 Å². The van der Waals surface area contributed by atoms with Gasteiger partial charge in [0.25, 0.3) is 5.91 Å². The molecule has 3 nitrogen and oxygen atoms in total. The number of hydrogen-bond acceptors (Lipinski definition) is 2. The quantitative estimate of drug-likeness (QED) is 0.764. The van der Waals surface area contributed by atoms with Crippen LogP contribution in [-0.2, 0) is 0 Å².